The van der Waals surface area contributed by atoms with E-state index in [2.05, 4.69) is 31.5 Å². The van der Waals surface area contributed by atoms with Gasteiger partial charge in [0.1, 0.15) is 0 Å². The van der Waals surface area contributed by atoms with Crippen LogP contribution in [0.4, 0.5) is 0 Å². The second-order valence-electron chi connectivity index (χ2n) is 4.98. The van der Waals surface area contributed by atoms with Crippen LogP contribution in [0.2, 0.25) is 5.02 Å². The Labute approximate surface area is 135 Å². The average Bonchev–Trinajstić information content (AvgIpc) is 2.84. The summed E-state index contributed by atoms with van der Waals surface area (Å²) in [5.41, 5.74) is 0.668. The molecule has 0 saturated carbocycles. The molecule has 21 heavy (non-hydrogen) atoms. The van der Waals surface area contributed by atoms with E-state index in [9.17, 15) is 4.79 Å². The number of aromatic nitrogens is 4. The number of benzene rings is 1. The van der Waals surface area contributed by atoms with Gasteiger partial charge in [0.15, 0.2) is 5.82 Å². The molecule has 0 aliphatic heterocycles. The van der Waals surface area contributed by atoms with E-state index in [0.29, 0.717) is 16.4 Å². The SMILES string of the molecule is CC(C)C(CC(=O)O)n1nnnc1-c1ccc(Br)cc1Cl. The summed E-state index contributed by atoms with van der Waals surface area (Å²) in [6.07, 6.45) is -0.0517. The van der Waals surface area contributed by atoms with Crippen LogP contribution in [0.25, 0.3) is 11.4 Å². The van der Waals surface area contributed by atoms with Crippen LogP contribution in [0.5, 0.6) is 0 Å². The highest BCUT2D eigenvalue weighted by molar-refractivity contribution is 9.10. The molecule has 0 aliphatic carbocycles. The first-order valence-corrected chi connectivity index (χ1v) is 7.52. The Bertz CT molecular complexity index is 659. The Hall–Kier alpha value is -1.47. The van der Waals surface area contributed by atoms with Gasteiger partial charge in [0.05, 0.1) is 17.5 Å². The fraction of sp³-hybridized carbons (Fsp3) is 0.385. The van der Waals surface area contributed by atoms with Crippen molar-refractivity contribution < 1.29 is 9.90 Å². The van der Waals surface area contributed by atoms with Crippen LogP contribution in [0.1, 0.15) is 26.3 Å². The highest BCUT2D eigenvalue weighted by Crippen LogP contribution is 2.32. The van der Waals surface area contributed by atoms with Gasteiger partial charge in [0.2, 0.25) is 0 Å². The van der Waals surface area contributed by atoms with Gasteiger partial charge < -0.3 is 5.11 Å². The van der Waals surface area contributed by atoms with Crippen molar-refractivity contribution in [2.75, 3.05) is 0 Å². The van der Waals surface area contributed by atoms with Crippen LogP contribution in [-0.4, -0.2) is 31.3 Å². The average molecular weight is 374 g/mol. The van der Waals surface area contributed by atoms with Crippen molar-refractivity contribution >= 4 is 33.5 Å². The lowest BCUT2D eigenvalue weighted by atomic mass is 10.0. The summed E-state index contributed by atoms with van der Waals surface area (Å²) in [5, 5.41) is 21.2. The summed E-state index contributed by atoms with van der Waals surface area (Å²) in [6.45, 7) is 3.87. The molecular formula is C13H14BrClN4O2. The summed E-state index contributed by atoms with van der Waals surface area (Å²) >= 11 is 9.57. The molecule has 1 heterocycles. The fourth-order valence-corrected chi connectivity index (χ4v) is 2.81. The normalized spacial score (nSPS) is 12.6. The molecule has 1 N–H and O–H groups in total. The minimum Gasteiger partial charge on any atom is -0.481 e. The van der Waals surface area contributed by atoms with Crippen molar-refractivity contribution in [3.05, 3.63) is 27.7 Å². The quantitative estimate of drug-likeness (QED) is 0.868. The molecule has 1 atom stereocenters. The van der Waals surface area contributed by atoms with E-state index in [0.717, 1.165) is 4.47 Å². The second kappa shape index (κ2) is 6.53. The van der Waals surface area contributed by atoms with E-state index in [1.807, 2.05) is 19.9 Å². The lowest BCUT2D eigenvalue weighted by Gasteiger charge is -2.20. The molecule has 0 radical (unpaired) electrons. The van der Waals surface area contributed by atoms with Crippen molar-refractivity contribution in [3.63, 3.8) is 0 Å². The minimum atomic E-state index is -0.892. The number of aliphatic carboxylic acids is 1. The second-order valence-corrected chi connectivity index (χ2v) is 6.30. The molecule has 0 fully saturated rings. The molecule has 2 aromatic rings. The number of rotatable bonds is 5. The van der Waals surface area contributed by atoms with Crippen LogP contribution in [-0.2, 0) is 4.79 Å². The zero-order chi connectivity index (χ0) is 15.6. The van der Waals surface area contributed by atoms with Gasteiger partial charge in [-0.15, -0.1) is 5.10 Å². The number of carbonyl (C=O) groups is 1. The Morgan fingerprint density at radius 1 is 1.48 bits per heavy atom. The summed E-state index contributed by atoms with van der Waals surface area (Å²) in [5.74, 6) is -0.359. The molecule has 8 heteroatoms. The van der Waals surface area contributed by atoms with Crippen molar-refractivity contribution in [1.82, 2.24) is 20.2 Å². The summed E-state index contributed by atoms with van der Waals surface area (Å²) < 4.78 is 2.38. The molecule has 0 amide bonds. The number of carboxylic acid groups (broad SMARTS) is 1. The van der Waals surface area contributed by atoms with Crippen molar-refractivity contribution in [1.29, 1.82) is 0 Å². The van der Waals surface area contributed by atoms with Gasteiger partial charge in [-0.1, -0.05) is 41.4 Å². The van der Waals surface area contributed by atoms with Crippen LogP contribution in [0.15, 0.2) is 22.7 Å². The Balaban J connectivity index is 2.48. The first-order chi connectivity index (χ1) is 9.90. The topological polar surface area (TPSA) is 80.9 Å². The van der Waals surface area contributed by atoms with Gasteiger partial charge in [-0.05, 0) is 34.5 Å². The van der Waals surface area contributed by atoms with E-state index in [-0.39, 0.29) is 18.4 Å². The number of hydrogen-bond acceptors (Lipinski definition) is 4. The van der Waals surface area contributed by atoms with Crippen molar-refractivity contribution in [2.45, 2.75) is 26.3 Å². The molecule has 0 bridgehead atoms. The summed E-state index contributed by atoms with van der Waals surface area (Å²) in [7, 11) is 0. The third-order valence-corrected chi connectivity index (χ3v) is 3.94. The largest absolute Gasteiger partial charge is 0.481 e. The predicted molar refractivity (Wildman–Crippen MR) is 82.1 cm³/mol. The summed E-state index contributed by atoms with van der Waals surface area (Å²) in [4.78, 5) is 11.1. The van der Waals surface area contributed by atoms with Crippen molar-refractivity contribution in [2.24, 2.45) is 5.92 Å². The molecule has 1 aromatic heterocycles. The Kier molecular flexibility index (Phi) is 4.95. The first kappa shape index (κ1) is 15.9. The maximum absolute atomic E-state index is 11.1. The Morgan fingerprint density at radius 3 is 2.76 bits per heavy atom. The predicted octanol–water partition coefficient (Wildman–Crippen LogP) is 3.43. The minimum absolute atomic E-state index is 0.0517. The third kappa shape index (κ3) is 3.59. The zero-order valence-corrected chi connectivity index (χ0v) is 13.8. The highest BCUT2D eigenvalue weighted by Gasteiger charge is 2.25. The molecular weight excluding hydrogens is 360 g/mol. The molecule has 6 nitrogen and oxygen atoms in total. The van der Waals surface area contributed by atoms with Gasteiger partial charge in [-0.2, -0.15) is 0 Å². The van der Waals surface area contributed by atoms with Gasteiger partial charge in [-0.3, -0.25) is 4.79 Å². The molecule has 0 saturated heterocycles. The molecule has 0 aliphatic rings. The molecule has 112 valence electrons. The maximum atomic E-state index is 11.1. The number of carboxylic acids is 1. The number of hydrogen-bond donors (Lipinski definition) is 1. The van der Waals surface area contributed by atoms with Gasteiger partial charge >= 0.3 is 5.97 Å². The van der Waals surface area contributed by atoms with Crippen molar-refractivity contribution in [3.8, 4) is 11.4 Å². The zero-order valence-electron chi connectivity index (χ0n) is 11.5. The monoisotopic (exact) mass is 372 g/mol. The number of tetrazole rings is 1. The summed E-state index contributed by atoms with van der Waals surface area (Å²) in [6, 6.07) is 5.04. The molecule has 1 unspecified atom stereocenters. The molecule has 2 rings (SSSR count). The number of nitrogens with zero attached hydrogens (tertiary/aromatic N) is 4. The standard InChI is InChI=1S/C13H14BrClN4O2/c1-7(2)11(6-12(20)21)19-13(16-17-18-19)9-4-3-8(14)5-10(9)15/h3-5,7,11H,6H2,1-2H3,(H,20,21). The molecule has 1 aromatic carbocycles. The van der Waals surface area contributed by atoms with E-state index in [4.69, 9.17) is 16.7 Å². The van der Waals surface area contributed by atoms with E-state index >= 15 is 0 Å². The van der Waals surface area contributed by atoms with E-state index in [1.165, 1.54) is 4.68 Å². The van der Waals surface area contributed by atoms with Crippen LogP contribution >= 0.6 is 27.5 Å². The van der Waals surface area contributed by atoms with Gasteiger partial charge in [-0.25, -0.2) is 4.68 Å². The maximum Gasteiger partial charge on any atom is 0.305 e. The highest BCUT2D eigenvalue weighted by atomic mass is 79.9. The van der Waals surface area contributed by atoms with E-state index < -0.39 is 5.97 Å². The first-order valence-electron chi connectivity index (χ1n) is 6.35. The third-order valence-electron chi connectivity index (χ3n) is 3.13. The van der Waals surface area contributed by atoms with E-state index in [1.54, 1.807) is 12.1 Å². The van der Waals surface area contributed by atoms with Gasteiger partial charge in [0, 0.05) is 10.0 Å². The van der Waals surface area contributed by atoms with Crippen LogP contribution in [0, 0.1) is 5.92 Å². The molecule has 0 spiro atoms. The van der Waals surface area contributed by atoms with Crippen LogP contribution < -0.4 is 0 Å². The number of halogens is 2. The smallest absolute Gasteiger partial charge is 0.305 e. The lowest BCUT2D eigenvalue weighted by Crippen LogP contribution is -2.21. The fourth-order valence-electron chi connectivity index (χ4n) is 2.05. The Morgan fingerprint density at radius 2 is 2.19 bits per heavy atom. The van der Waals surface area contributed by atoms with Crippen LogP contribution in [0.3, 0.4) is 0 Å². The lowest BCUT2D eigenvalue weighted by molar-refractivity contribution is -0.138. The van der Waals surface area contributed by atoms with Gasteiger partial charge in [0.25, 0.3) is 0 Å².